The van der Waals surface area contributed by atoms with Gasteiger partial charge in [0, 0.05) is 83.0 Å². The van der Waals surface area contributed by atoms with Gasteiger partial charge in [0.15, 0.2) is 11.5 Å². The number of carbonyl (C=O) groups excluding carboxylic acids is 6. The van der Waals surface area contributed by atoms with Crippen LogP contribution in [0.3, 0.4) is 0 Å². The van der Waals surface area contributed by atoms with E-state index >= 15 is 0 Å². The van der Waals surface area contributed by atoms with Gasteiger partial charge < -0.3 is 31.1 Å². The van der Waals surface area contributed by atoms with Crippen molar-refractivity contribution in [2.45, 2.75) is 44.7 Å². The topological polar surface area (TPSA) is 219 Å². The van der Waals surface area contributed by atoms with Crippen LogP contribution < -0.4 is 31.5 Å². The standard InChI is InChI=1S/C36H42N12O6S/c1-20-13-29(55-43-20)42-32-30(31(37)50)38-15-27(40-32)46-8-2-3-22(19-46)39-36(54)45-11-9-44(10-12-45)16-21-17-47(18-21)23-4-5-24-25(14-23)35(53)48(34(24)52)26-6-7-28(49)41-33(26)51/h4-5,13-15,21-22,26H,2-3,6-12,16-19H2,1H3,(H2,37,50)(H,39,54)(H,40,42)(H,41,49,51)/t22-,26?/m1/s1. The summed E-state index contributed by atoms with van der Waals surface area (Å²) in [4.78, 5) is 94.1. The fourth-order valence-electron chi connectivity index (χ4n) is 7.96. The first-order valence-electron chi connectivity index (χ1n) is 18.5. The summed E-state index contributed by atoms with van der Waals surface area (Å²) >= 11 is 1.25. The molecule has 4 saturated heterocycles. The molecule has 18 nitrogen and oxygen atoms in total. The van der Waals surface area contributed by atoms with E-state index in [0.29, 0.717) is 31.4 Å². The number of aryl methyl sites for hydroxylation is 1. The first kappa shape index (κ1) is 36.3. The molecule has 0 bridgehead atoms. The minimum Gasteiger partial charge on any atom is -0.371 e. The molecule has 0 radical (unpaired) electrons. The van der Waals surface area contributed by atoms with Crippen molar-refractivity contribution in [2.24, 2.45) is 11.7 Å². The SMILES string of the molecule is Cc1cc(Nc2nc(N3CCC[C@@H](NC(=O)N4CCN(CC5CN(c6ccc7c(c6)C(=O)N(C6CCC(=O)NC6=O)C7=O)C5)CC4)C3)cnc2C(N)=O)sn1. The monoisotopic (exact) mass is 770 g/mol. The highest BCUT2D eigenvalue weighted by atomic mass is 32.1. The van der Waals surface area contributed by atoms with Gasteiger partial charge in [-0.25, -0.2) is 14.8 Å². The molecule has 5 aliphatic rings. The molecular formula is C36H42N12O6S. The van der Waals surface area contributed by atoms with Crippen LogP contribution in [-0.2, 0) is 9.59 Å². The minimum absolute atomic E-state index is 0.0440. The molecule has 19 heteroatoms. The van der Waals surface area contributed by atoms with Crippen LogP contribution in [0.5, 0.6) is 0 Å². The molecule has 0 aliphatic carbocycles. The van der Waals surface area contributed by atoms with Gasteiger partial charge in [0.05, 0.1) is 23.0 Å². The molecule has 288 valence electrons. The summed E-state index contributed by atoms with van der Waals surface area (Å²) in [5.41, 5.74) is 7.86. The van der Waals surface area contributed by atoms with Crippen molar-refractivity contribution >= 4 is 69.4 Å². The Balaban J connectivity index is 0.794. The number of hydrogen-bond acceptors (Lipinski definition) is 14. The van der Waals surface area contributed by atoms with E-state index in [4.69, 9.17) is 5.73 Å². The van der Waals surface area contributed by atoms with Crippen molar-refractivity contribution in [3.8, 4) is 0 Å². The third-order valence-corrected chi connectivity index (χ3v) is 11.7. The predicted octanol–water partition coefficient (Wildman–Crippen LogP) is 0.918. The molecule has 0 spiro atoms. The summed E-state index contributed by atoms with van der Waals surface area (Å²) in [6.07, 6.45) is 3.44. The van der Waals surface area contributed by atoms with Crippen molar-refractivity contribution in [2.75, 3.05) is 74.0 Å². The number of imide groups is 2. The quantitative estimate of drug-likeness (QED) is 0.223. The Bertz CT molecular complexity index is 2060. The van der Waals surface area contributed by atoms with E-state index in [-0.39, 0.29) is 47.6 Å². The Morgan fingerprint density at radius 3 is 2.47 bits per heavy atom. The van der Waals surface area contributed by atoms with E-state index in [2.05, 4.69) is 45.0 Å². The number of amides is 7. The molecule has 0 saturated carbocycles. The zero-order valence-electron chi connectivity index (χ0n) is 30.3. The third-order valence-electron chi connectivity index (χ3n) is 10.9. The van der Waals surface area contributed by atoms with Crippen LogP contribution in [-0.4, -0.2) is 136 Å². The van der Waals surface area contributed by atoms with Gasteiger partial charge in [-0.3, -0.25) is 39.1 Å². The number of primary amides is 1. The molecule has 2 atom stereocenters. The highest BCUT2D eigenvalue weighted by molar-refractivity contribution is 7.10. The average Bonchev–Trinajstić information content (AvgIpc) is 3.67. The predicted molar refractivity (Wildman–Crippen MR) is 201 cm³/mol. The number of piperazine rings is 1. The smallest absolute Gasteiger partial charge is 0.317 e. The lowest BCUT2D eigenvalue weighted by Crippen LogP contribution is -2.58. The maximum absolute atomic E-state index is 13.3. The number of anilines is 4. The Morgan fingerprint density at radius 2 is 1.75 bits per heavy atom. The van der Waals surface area contributed by atoms with Crippen molar-refractivity contribution in [1.82, 2.24) is 39.7 Å². The highest BCUT2D eigenvalue weighted by Gasteiger charge is 2.45. The first-order chi connectivity index (χ1) is 26.5. The number of piperidine rings is 2. The molecule has 8 rings (SSSR count). The molecule has 7 heterocycles. The van der Waals surface area contributed by atoms with Gasteiger partial charge in [-0.15, -0.1) is 0 Å². The van der Waals surface area contributed by atoms with Crippen LogP contribution in [0.1, 0.15) is 62.6 Å². The zero-order valence-corrected chi connectivity index (χ0v) is 31.1. The second-order valence-electron chi connectivity index (χ2n) is 14.7. The normalized spacial score (nSPS) is 22.1. The Hall–Kier alpha value is -5.69. The number of nitrogens with zero attached hydrogens (tertiary/aromatic N) is 8. The summed E-state index contributed by atoms with van der Waals surface area (Å²) in [5, 5.41) is 9.30. The van der Waals surface area contributed by atoms with E-state index in [0.717, 1.165) is 73.4 Å². The Morgan fingerprint density at radius 1 is 0.964 bits per heavy atom. The van der Waals surface area contributed by atoms with Gasteiger partial charge >= 0.3 is 6.03 Å². The molecule has 5 N–H and O–H groups in total. The molecule has 4 fully saturated rings. The molecule has 5 aliphatic heterocycles. The largest absolute Gasteiger partial charge is 0.371 e. The summed E-state index contributed by atoms with van der Waals surface area (Å²) in [6, 6.07) is 5.92. The van der Waals surface area contributed by atoms with Crippen LogP contribution in [0.25, 0.3) is 0 Å². The van der Waals surface area contributed by atoms with Gasteiger partial charge in [-0.05, 0) is 62.0 Å². The molecule has 2 aromatic heterocycles. The van der Waals surface area contributed by atoms with Crippen molar-refractivity contribution in [1.29, 1.82) is 0 Å². The summed E-state index contributed by atoms with van der Waals surface area (Å²) in [7, 11) is 0. The molecule has 1 aromatic carbocycles. The van der Waals surface area contributed by atoms with Gasteiger partial charge in [0.25, 0.3) is 17.7 Å². The number of nitrogens with two attached hydrogens (primary N) is 1. The van der Waals surface area contributed by atoms with Crippen LogP contribution in [0.15, 0.2) is 30.5 Å². The fraction of sp³-hybridized carbons (Fsp3) is 0.472. The lowest BCUT2D eigenvalue weighted by atomic mass is 9.97. The molecule has 1 unspecified atom stereocenters. The summed E-state index contributed by atoms with van der Waals surface area (Å²) in [6.45, 7) is 8.44. The number of carbonyl (C=O) groups is 6. The van der Waals surface area contributed by atoms with Crippen LogP contribution in [0.2, 0.25) is 0 Å². The molecular weight excluding hydrogens is 729 g/mol. The lowest BCUT2D eigenvalue weighted by Gasteiger charge is -2.45. The third kappa shape index (κ3) is 7.40. The Labute approximate surface area is 320 Å². The number of aromatic nitrogens is 3. The van der Waals surface area contributed by atoms with Crippen LogP contribution >= 0.6 is 11.5 Å². The van der Waals surface area contributed by atoms with E-state index in [1.54, 1.807) is 18.3 Å². The maximum Gasteiger partial charge on any atom is 0.317 e. The lowest BCUT2D eigenvalue weighted by molar-refractivity contribution is -0.136. The fourth-order valence-corrected chi connectivity index (χ4v) is 8.62. The van der Waals surface area contributed by atoms with Gasteiger partial charge in [0.2, 0.25) is 11.8 Å². The second kappa shape index (κ2) is 14.9. The maximum atomic E-state index is 13.3. The number of nitrogens with one attached hydrogen (secondary N) is 3. The van der Waals surface area contributed by atoms with E-state index < -0.39 is 35.6 Å². The number of fused-ring (bicyclic) bond motifs is 1. The second-order valence-corrected chi connectivity index (χ2v) is 15.5. The first-order valence-corrected chi connectivity index (χ1v) is 19.3. The molecule has 55 heavy (non-hydrogen) atoms. The van der Waals surface area contributed by atoms with Gasteiger partial charge in [-0.2, -0.15) is 4.37 Å². The number of rotatable bonds is 9. The van der Waals surface area contributed by atoms with Crippen LogP contribution in [0, 0.1) is 12.8 Å². The molecule has 3 aromatic rings. The highest BCUT2D eigenvalue weighted by Crippen LogP contribution is 2.33. The van der Waals surface area contributed by atoms with E-state index in [9.17, 15) is 28.8 Å². The number of urea groups is 1. The van der Waals surface area contributed by atoms with Crippen LogP contribution in [0.4, 0.5) is 27.1 Å². The molecule has 7 amide bonds. The van der Waals surface area contributed by atoms with E-state index in [1.165, 1.54) is 11.5 Å². The minimum atomic E-state index is -0.988. The average molecular weight is 771 g/mol. The van der Waals surface area contributed by atoms with Crippen molar-refractivity contribution < 1.29 is 28.8 Å². The van der Waals surface area contributed by atoms with Gasteiger partial charge in [0.1, 0.15) is 16.9 Å². The van der Waals surface area contributed by atoms with Crippen molar-refractivity contribution in [3.05, 3.63) is 53.0 Å². The van der Waals surface area contributed by atoms with Gasteiger partial charge in [-0.1, -0.05) is 0 Å². The summed E-state index contributed by atoms with van der Waals surface area (Å²) < 4.78 is 4.26. The Kier molecular flexibility index (Phi) is 9.80. The zero-order chi connectivity index (χ0) is 38.4. The number of hydrogen-bond donors (Lipinski definition) is 4. The summed E-state index contributed by atoms with van der Waals surface area (Å²) in [5.74, 6) is -1.45. The van der Waals surface area contributed by atoms with E-state index in [1.807, 2.05) is 24.0 Å². The van der Waals surface area contributed by atoms with Crippen molar-refractivity contribution in [3.63, 3.8) is 0 Å². The number of benzene rings is 1.